The van der Waals surface area contributed by atoms with E-state index in [1.807, 2.05) is 0 Å². The normalized spacial score (nSPS) is 22.4. The maximum atomic E-state index is 12.9. The highest BCUT2D eigenvalue weighted by molar-refractivity contribution is 5.82. The first kappa shape index (κ1) is 14.9. The van der Waals surface area contributed by atoms with E-state index in [0.29, 0.717) is 0 Å². The highest BCUT2D eigenvalue weighted by Gasteiger charge is 2.45. The van der Waals surface area contributed by atoms with E-state index in [2.05, 4.69) is 0 Å². The second kappa shape index (κ2) is 6.33. The van der Waals surface area contributed by atoms with Gasteiger partial charge >= 0.3 is 0 Å². The van der Waals surface area contributed by atoms with Crippen LogP contribution in [-0.2, 0) is 9.53 Å². The van der Waals surface area contributed by atoms with Crippen molar-refractivity contribution in [3.8, 4) is 0 Å². The number of hydrogen-bond donors (Lipinski definition) is 1. The Balaban J connectivity index is 1.87. The van der Waals surface area contributed by atoms with Crippen LogP contribution < -0.4 is 0 Å². The van der Waals surface area contributed by atoms with E-state index in [9.17, 15) is 14.3 Å². The summed E-state index contributed by atoms with van der Waals surface area (Å²) in [7, 11) is 3.19. The van der Waals surface area contributed by atoms with Gasteiger partial charge in [0, 0.05) is 26.6 Å². The molecule has 1 amide bonds. The lowest BCUT2D eigenvalue weighted by molar-refractivity contribution is -0.133. The van der Waals surface area contributed by atoms with Crippen LogP contribution in [0, 0.1) is 11.7 Å². The Hall–Kier alpha value is -1.46. The number of methoxy groups -OCH3 is 1. The molecule has 4 nitrogen and oxygen atoms in total. The molecule has 5 heteroatoms. The van der Waals surface area contributed by atoms with Gasteiger partial charge in [0.2, 0.25) is 5.91 Å². The third kappa shape index (κ3) is 3.55. The topological polar surface area (TPSA) is 49.8 Å². The van der Waals surface area contributed by atoms with Crippen molar-refractivity contribution < 1.29 is 19.0 Å². The summed E-state index contributed by atoms with van der Waals surface area (Å²) in [5.41, 5.74) is 0.996. The molecule has 1 aliphatic carbocycles. The number of nitrogens with zero attached hydrogens (tertiary/aromatic N) is 1. The number of rotatable bonds is 6. The quantitative estimate of drug-likeness (QED) is 0.857. The fraction of sp³-hybridized carbons (Fsp3) is 0.533. The molecule has 2 rings (SSSR count). The molecule has 110 valence electrons. The fourth-order valence-electron chi connectivity index (χ4n) is 2.48. The third-order valence-electron chi connectivity index (χ3n) is 3.63. The van der Waals surface area contributed by atoms with Crippen molar-refractivity contribution in [1.82, 2.24) is 4.90 Å². The van der Waals surface area contributed by atoms with E-state index in [1.54, 1.807) is 19.2 Å². The molecule has 20 heavy (non-hydrogen) atoms. The number of aliphatic hydroxyl groups is 1. The van der Waals surface area contributed by atoms with Gasteiger partial charge in [-0.15, -0.1) is 0 Å². The van der Waals surface area contributed by atoms with E-state index in [0.717, 1.165) is 12.0 Å². The molecule has 0 spiro atoms. The Bertz CT molecular complexity index is 463. The molecule has 1 saturated carbocycles. The number of carbonyl (C=O) groups is 1. The number of ether oxygens (including phenoxy) is 1. The summed E-state index contributed by atoms with van der Waals surface area (Å²) >= 11 is 0. The minimum absolute atomic E-state index is 0.0227. The zero-order valence-corrected chi connectivity index (χ0v) is 11.8. The van der Waals surface area contributed by atoms with Crippen LogP contribution in [0.5, 0.6) is 0 Å². The molecule has 1 aromatic carbocycles. The van der Waals surface area contributed by atoms with Crippen LogP contribution in [0.15, 0.2) is 24.3 Å². The van der Waals surface area contributed by atoms with Gasteiger partial charge in [0.25, 0.3) is 0 Å². The van der Waals surface area contributed by atoms with E-state index in [-0.39, 0.29) is 36.7 Å². The second-order valence-corrected chi connectivity index (χ2v) is 5.33. The summed E-state index contributed by atoms with van der Waals surface area (Å²) in [6.07, 6.45) is 0.117. The lowest BCUT2D eigenvalue weighted by atomic mass is 10.1. The van der Waals surface area contributed by atoms with Crippen molar-refractivity contribution in [2.45, 2.75) is 18.4 Å². The van der Waals surface area contributed by atoms with Gasteiger partial charge in [-0.3, -0.25) is 4.79 Å². The minimum Gasteiger partial charge on any atom is -0.389 e. The molecule has 1 fully saturated rings. The molecule has 1 aromatic rings. The Morgan fingerprint density at radius 3 is 2.75 bits per heavy atom. The first-order chi connectivity index (χ1) is 9.52. The molecule has 0 saturated heterocycles. The summed E-state index contributed by atoms with van der Waals surface area (Å²) in [4.78, 5) is 13.7. The summed E-state index contributed by atoms with van der Waals surface area (Å²) in [5.74, 6) is -0.128. The number of benzene rings is 1. The smallest absolute Gasteiger partial charge is 0.226 e. The molecular formula is C15H20FNO3. The van der Waals surface area contributed by atoms with Crippen molar-refractivity contribution >= 4 is 5.91 Å². The third-order valence-corrected chi connectivity index (χ3v) is 3.63. The lowest BCUT2D eigenvalue weighted by Gasteiger charge is -2.20. The van der Waals surface area contributed by atoms with Gasteiger partial charge in [-0.25, -0.2) is 4.39 Å². The van der Waals surface area contributed by atoms with Crippen LogP contribution in [-0.4, -0.2) is 49.3 Å². The van der Waals surface area contributed by atoms with Gasteiger partial charge < -0.3 is 14.7 Å². The highest BCUT2D eigenvalue weighted by Crippen LogP contribution is 2.48. The Labute approximate surface area is 118 Å². The van der Waals surface area contributed by atoms with Crippen LogP contribution in [0.4, 0.5) is 4.39 Å². The summed E-state index contributed by atoms with van der Waals surface area (Å²) in [6.45, 7) is 0.475. The molecule has 0 bridgehead atoms. The van der Waals surface area contributed by atoms with Gasteiger partial charge in [0.15, 0.2) is 0 Å². The standard InChI is InChI=1S/C15H20FNO3/c1-17(8-12(18)9-20-2)15(19)14-7-13(14)10-3-5-11(16)6-4-10/h3-6,12-14,18H,7-9H2,1-2H3/t12-,13-,14-/m1/s1. The molecular weight excluding hydrogens is 261 g/mol. The number of aliphatic hydroxyl groups excluding tert-OH is 1. The van der Waals surface area contributed by atoms with Gasteiger partial charge in [-0.2, -0.15) is 0 Å². The molecule has 0 radical (unpaired) electrons. The van der Waals surface area contributed by atoms with E-state index < -0.39 is 6.10 Å². The first-order valence-electron chi connectivity index (χ1n) is 6.70. The molecule has 0 unspecified atom stereocenters. The number of likely N-dealkylation sites (N-methyl/N-ethyl adjacent to an activating group) is 1. The predicted molar refractivity (Wildman–Crippen MR) is 72.8 cm³/mol. The van der Waals surface area contributed by atoms with Crippen molar-refractivity contribution in [3.63, 3.8) is 0 Å². The maximum Gasteiger partial charge on any atom is 0.226 e. The number of carbonyl (C=O) groups excluding carboxylic acids is 1. The highest BCUT2D eigenvalue weighted by atomic mass is 19.1. The molecule has 1 aliphatic rings. The van der Waals surface area contributed by atoms with E-state index in [1.165, 1.54) is 24.1 Å². The maximum absolute atomic E-state index is 12.9. The van der Waals surface area contributed by atoms with E-state index >= 15 is 0 Å². The zero-order valence-electron chi connectivity index (χ0n) is 11.8. The number of halogens is 1. The van der Waals surface area contributed by atoms with Crippen LogP contribution in [0.1, 0.15) is 17.9 Å². The fourth-order valence-corrected chi connectivity index (χ4v) is 2.48. The minimum atomic E-state index is -0.669. The first-order valence-corrected chi connectivity index (χ1v) is 6.70. The van der Waals surface area contributed by atoms with Crippen molar-refractivity contribution in [1.29, 1.82) is 0 Å². The van der Waals surface area contributed by atoms with Crippen LogP contribution in [0.3, 0.4) is 0 Å². The van der Waals surface area contributed by atoms with Gasteiger partial charge in [-0.1, -0.05) is 12.1 Å². The second-order valence-electron chi connectivity index (χ2n) is 5.33. The van der Waals surface area contributed by atoms with Crippen LogP contribution >= 0.6 is 0 Å². The van der Waals surface area contributed by atoms with Gasteiger partial charge in [0.05, 0.1) is 12.7 Å². The molecule has 1 N–H and O–H groups in total. The average molecular weight is 281 g/mol. The lowest BCUT2D eigenvalue weighted by Crippen LogP contribution is -2.37. The Morgan fingerprint density at radius 2 is 2.15 bits per heavy atom. The summed E-state index contributed by atoms with van der Waals surface area (Å²) in [5, 5.41) is 9.62. The Kier molecular flexibility index (Phi) is 4.73. The summed E-state index contributed by atoms with van der Waals surface area (Å²) < 4.78 is 17.7. The van der Waals surface area contributed by atoms with E-state index in [4.69, 9.17) is 4.74 Å². The molecule has 3 atom stereocenters. The van der Waals surface area contributed by atoms with Crippen molar-refractivity contribution in [2.75, 3.05) is 27.3 Å². The van der Waals surface area contributed by atoms with Crippen molar-refractivity contribution in [2.24, 2.45) is 5.92 Å². The molecule has 0 aliphatic heterocycles. The predicted octanol–water partition coefficient (Wildman–Crippen LogP) is 1.39. The largest absolute Gasteiger partial charge is 0.389 e. The SMILES string of the molecule is COC[C@H](O)CN(C)C(=O)[C@@H]1C[C@@H]1c1ccc(F)cc1. The number of hydrogen-bond acceptors (Lipinski definition) is 3. The molecule has 0 aromatic heterocycles. The number of amides is 1. The van der Waals surface area contributed by atoms with Gasteiger partial charge in [0.1, 0.15) is 5.82 Å². The summed E-state index contributed by atoms with van der Waals surface area (Å²) in [6, 6.07) is 6.29. The monoisotopic (exact) mass is 281 g/mol. The zero-order chi connectivity index (χ0) is 14.7. The van der Waals surface area contributed by atoms with Gasteiger partial charge in [-0.05, 0) is 30.0 Å². The Morgan fingerprint density at radius 1 is 1.50 bits per heavy atom. The van der Waals surface area contributed by atoms with Crippen LogP contribution in [0.2, 0.25) is 0 Å². The van der Waals surface area contributed by atoms with Crippen LogP contribution in [0.25, 0.3) is 0 Å². The average Bonchev–Trinajstić information content (AvgIpc) is 3.19. The molecule has 0 heterocycles. The van der Waals surface area contributed by atoms with Crippen molar-refractivity contribution in [3.05, 3.63) is 35.6 Å².